The summed E-state index contributed by atoms with van der Waals surface area (Å²) in [6.45, 7) is 2.13. The van der Waals surface area contributed by atoms with Crippen molar-refractivity contribution >= 4 is 6.29 Å². The Bertz CT molecular complexity index is 285. The van der Waals surface area contributed by atoms with Gasteiger partial charge in [0, 0.05) is 0 Å². The Morgan fingerprint density at radius 1 is 1.57 bits per heavy atom. The number of hydrogen-bond donors (Lipinski definition) is 1. The van der Waals surface area contributed by atoms with E-state index in [2.05, 4.69) is 6.92 Å². The number of aliphatic hydroxyl groups excluding tert-OH is 1. The van der Waals surface area contributed by atoms with Gasteiger partial charge in [-0.1, -0.05) is 31.6 Å². The van der Waals surface area contributed by atoms with E-state index in [-0.39, 0.29) is 5.76 Å². The van der Waals surface area contributed by atoms with Gasteiger partial charge in [-0.25, -0.2) is 0 Å². The Morgan fingerprint density at radius 3 is 3.00 bits per heavy atom. The molecule has 1 rings (SSSR count). The van der Waals surface area contributed by atoms with E-state index in [0.29, 0.717) is 0 Å². The number of unbranched alkanes of at least 4 members (excludes halogenated alkanes) is 1. The Kier molecular flexibility index (Phi) is 4.17. The van der Waals surface area contributed by atoms with E-state index in [0.717, 1.165) is 31.1 Å². The monoisotopic (exact) mass is 192 g/mol. The molecule has 2 nitrogen and oxygen atoms in total. The minimum Gasteiger partial charge on any atom is -0.511 e. The second-order valence-electron chi connectivity index (χ2n) is 3.46. The third-order valence-electron chi connectivity index (χ3n) is 2.27. The Morgan fingerprint density at radius 2 is 2.36 bits per heavy atom. The number of aldehydes is 1. The summed E-state index contributed by atoms with van der Waals surface area (Å²) >= 11 is 0. The molecule has 1 aliphatic rings. The van der Waals surface area contributed by atoms with Crippen LogP contribution in [0.5, 0.6) is 0 Å². The SMILES string of the molecule is CCCCC1=CC=CC(C=O)C(O)=C1. The summed E-state index contributed by atoms with van der Waals surface area (Å²) in [6.07, 6.45) is 11.1. The van der Waals surface area contributed by atoms with E-state index in [1.165, 1.54) is 0 Å². The highest BCUT2D eigenvalue weighted by Crippen LogP contribution is 2.18. The predicted octanol–water partition coefficient (Wildman–Crippen LogP) is 2.93. The topological polar surface area (TPSA) is 37.3 Å². The molecule has 1 atom stereocenters. The fourth-order valence-corrected chi connectivity index (χ4v) is 1.38. The molecule has 0 saturated heterocycles. The third-order valence-corrected chi connectivity index (χ3v) is 2.27. The van der Waals surface area contributed by atoms with Crippen LogP contribution in [0, 0.1) is 5.92 Å². The molecule has 1 N–H and O–H groups in total. The lowest BCUT2D eigenvalue weighted by Gasteiger charge is -2.03. The summed E-state index contributed by atoms with van der Waals surface area (Å²) in [5.41, 5.74) is 1.09. The zero-order valence-corrected chi connectivity index (χ0v) is 8.44. The largest absolute Gasteiger partial charge is 0.511 e. The van der Waals surface area contributed by atoms with Crippen LogP contribution in [0.2, 0.25) is 0 Å². The van der Waals surface area contributed by atoms with Crippen LogP contribution in [0.15, 0.2) is 35.6 Å². The van der Waals surface area contributed by atoms with Gasteiger partial charge in [-0.3, -0.25) is 0 Å². The van der Waals surface area contributed by atoms with E-state index >= 15 is 0 Å². The van der Waals surface area contributed by atoms with E-state index in [1.54, 1.807) is 12.2 Å². The smallest absolute Gasteiger partial charge is 0.134 e. The standard InChI is InChI=1S/C12H16O2/c1-2-3-5-10-6-4-7-11(9-13)12(14)8-10/h4,6-9,11,14H,2-3,5H2,1H3. The summed E-state index contributed by atoms with van der Waals surface area (Å²) in [7, 11) is 0. The molecule has 0 spiro atoms. The molecule has 76 valence electrons. The van der Waals surface area contributed by atoms with Gasteiger partial charge in [0.05, 0.1) is 5.92 Å². The Balaban J connectivity index is 2.71. The van der Waals surface area contributed by atoms with Crippen molar-refractivity contribution in [1.82, 2.24) is 0 Å². The molecular weight excluding hydrogens is 176 g/mol. The number of aliphatic hydroxyl groups is 1. The minimum atomic E-state index is -0.467. The van der Waals surface area contributed by atoms with Gasteiger partial charge in [0.15, 0.2) is 0 Å². The molecule has 0 radical (unpaired) electrons. The molecular formula is C12H16O2. The van der Waals surface area contributed by atoms with E-state index < -0.39 is 5.92 Å². The van der Waals surface area contributed by atoms with Gasteiger partial charge in [0.25, 0.3) is 0 Å². The summed E-state index contributed by atoms with van der Waals surface area (Å²) in [6, 6.07) is 0. The van der Waals surface area contributed by atoms with Gasteiger partial charge in [-0.2, -0.15) is 0 Å². The number of carbonyl (C=O) groups excluding carboxylic acids is 1. The maximum absolute atomic E-state index is 10.6. The summed E-state index contributed by atoms with van der Waals surface area (Å²) in [5.74, 6) is -0.318. The van der Waals surface area contributed by atoms with E-state index in [4.69, 9.17) is 0 Å². The van der Waals surface area contributed by atoms with Crippen molar-refractivity contribution in [2.24, 2.45) is 5.92 Å². The van der Waals surface area contributed by atoms with Crippen LogP contribution in [0.3, 0.4) is 0 Å². The molecule has 0 fully saturated rings. The van der Waals surface area contributed by atoms with Crippen molar-refractivity contribution in [3.63, 3.8) is 0 Å². The van der Waals surface area contributed by atoms with Gasteiger partial charge in [0.2, 0.25) is 0 Å². The lowest BCUT2D eigenvalue weighted by atomic mass is 10.1. The third kappa shape index (κ3) is 2.87. The molecule has 0 amide bonds. The Hall–Kier alpha value is -1.31. The van der Waals surface area contributed by atoms with E-state index in [9.17, 15) is 9.90 Å². The van der Waals surface area contributed by atoms with E-state index in [1.807, 2.05) is 12.2 Å². The maximum atomic E-state index is 10.6. The second-order valence-corrected chi connectivity index (χ2v) is 3.46. The minimum absolute atomic E-state index is 0.149. The fourth-order valence-electron chi connectivity index (χ4n) is 1.38. The molecule has 0 bridgehead atoms. The fraction of sp³-hybridized carbons (Fsp3) is 0.417. The first-order valence-electron chi connectivity index (χ1n) is 5.01. The average Bonchev–Trinajstić information content (AvgIpc) is 2.36. The molecule has 1 aliphatic carbocycles. The van der Waals surface area contributed by atoms with Crippen LogP contribution in [0.1, 0.15) is 26.2 Å². The van der Waals surface area contributed by atoms with Crippen molar-refractivity contribution in [1.29, 1.82) is 0 Å². The number of rotatable bonds is 4. The highest BCUT2D eigenvalue weighted by Gasteiger charge is 2.10. The van der Waals surface area contributed by atoms with Gasteiger partial charge in [-0.15, -0.1) is 0 Å². The summed E-state index contributed by atoms with van der Waals surface area (Å²) in [5, 5.41) is 9.56. The highest BCUT2D eigenvalue weighted by molar-refractivity contribution is 5.62. The molecule has 0 aliphatic heterocycles. The summed E-state index contributed by atoms with van der Waals surface area (Å²) < 4.78 is 0. The Labute approximate surface area is 84.6 Å². The van der Waals surface area contributed by atoms with Crippen molar-refractivity contribution in [3.8, 4) is 0 Å². The molecule has 2 heteroatoms. The van der Waals surface area contributed by atoms with Crippen molar-refractivity contribution < 1.29 is 9.90 Å². The first kappa shape index (κ1) is 10.8. The number of allylic oxidation sites excluding steroid dienone is 5. The van der Waals surface area contributed by atoms with Gasteiger partial charge in [-0.05, 0) is 24.5 Å². The zero-order valence-electron chi connectivity index (χ0n) is 8.44. The van der Waals surface area contributed by atoms with Crippen LogP contribution in [-0.2, 0) is 4.79 Å². The van der Waals surface area contributed by atoms with Crippen LogP contribution < -0.4 is 0 Å². The van der Waals surface area contributed by atoms with Gasteiger partial charge >= 0.3 is 0 Å². The predicted molar refractivity (Wildman–Crippen MR) is 57.0 cm³/mol. The molecule has 0 aromatic heterocycles. The summed E-state index contributed by atoms with van der Waals surface area (Å²) in [4.78, 5) is 10.6. The second kappa shape index (κ2) is 5.43. The zero-order chi connectivity index (χ0) is 10.4. The van der Waals surface area contributed by atoms with Crippen LogP contribution in [0.4, 0.5) is 0 Å². The first-order valence-corrected chi connectivity index (χ1v) is 5.01. The van der Waals surface area contributed by atoms with Gasteiger partial charge < -0.3 is 9.90 Å². The van der Waals surface area contributed by atoms with Crippen molar-refractivity contribution in [2.75, 3.05) is 0 Å². The lowest BCUT2D eigenvalue weighted by molar-refractivity contribution is -0.109. The molecule has 1 unspecified atom stereocenters. The molecule has 0 heterocycles. The van der Waals surface area contributed by atoms with Crippen LogP contribution in [0.25, 0.3) is 0 Å². The normalized spacial score (nSPS) is 21.1. The number of carbonyl (C=O) groups is 1. The highest BCUT2D eigenvalue weighted by atomic mass is 16.3. The van der Waals surface area contributed by atoms with Crippen molar-refractivity contribution in [3.05, 3.63) is 35.6 Å². The molecule has 0 aromatic rings. The molecule has 0 saturated carbocycles. The lowest BCUT2D eigenvalue weighted by Crippen LogP contribution is -2.01. The van der Waals surface area contributed by atoms with Crippen LogP contribution >= 0.6 is 0 Å². The van der Waals surface area contributed by atoms with Crippen LogP contribution in [-0.4, -0.2) is 11.4 Å². The average molecular weight is 192 g/mol. The number of hydrogen-bond acceptors (Lipinski definition) is 2. The molecule has 14 heavy (non-hydrogen) atoms. The first-order chi connectivity index (χ1) is 6.77. The maximum Gasteiger partial charge on any atom is 0.134 e. The van der Waals surface area contributed by atoms with Crippen molar-refractivity contribution in [2.45, 2.75) is 26.2 Å². The molecule has 0 aromatic carbocycles. The quantitative estimate of drug-likeness (QED) is 0.695. The van der Waals surface area contributed by atoms with Gasteiger partial charge in [0.1, 0.15) is 12.0 Å².